The molecule has 0 aliphatic heterocycles. The molecular weight excluding hydrogens is 361 g/mol. The molecule has 2 N–H and O–H groups in total. The number of benzene rings is 2. The van der Waals surface area contributed by atoms with Gasteiger partial charge in [-0.15, -0.1) is 0 Å². The summed E-state index contributed by atoms with van der Waals surface area (Å²) in [4.78, 5) is 0. The summed E-state index contributed by atoms with van der Waals surface area (Å²) in [6, 6.07) is 11.4. The standard InChI is InChI=1S/C14H13ClINO/c1-9-3-2-4-10(14(9)18)8-17-13-6-5-11(15)7-12(13)16/h2-7,17-18H,8H2,1H3. The lowest BCUT2D eigenvalue weighted by molar-refractivity contribution is 0.465. The first kappa shape index (κ1) is 13.5. The van der Waals surface area contributed by atoms with Gasteiger partial charge in [0.1, 0.15) is 5.75 Å². The van der Waals surface area contributed by atoms with E-state index in [4.69, 9.17) is 11.6 Å². The van der Waals surface area contributed by atoms with Gasteiger partial charge in [-0.1, -0.05) is 29.8 Å². The number of halogens is 2. The Hall–Kier alpha value is -0.940. The number of phenolic OH excluding ortho intramolecular Hbond substituents is 1. The van der Waals surface area contributed by atoms with Crippen LogP contribution in [0.5, 0.6) is 5.75 Å². The molecule has 0 radical (unpaired) electrons. The molecule has 0 spiro atoms. The fraction of sp³-hybridized carbons (Fsp3) is 0.143. The summed E-state index contributed by atoms with van der Waals surface area (Å²) in [6.07, 6.45) is 0. The van der Waals surface area contributed by atoms with Gasteiger partial charge in [-0.05, 0) is 53.3 Å². The lowest BCUT2D eigenvalue weighted by Gasteiger charge is -2.11. The third kappa shape index (κ3) is 3.09. The van der Waals surface area contributed by atoms with Crippen molar-refractivity contribution < 1.29 is 5.11 Å². The molecule has 2 rings (SSSR count). The highest BCUT2D eigenvalue weighted by Gasteiger charge is 2.05. The molecule has 0 unspecified atom stereocenters. The van der Waals surface area contributed by atoms with Gasteiger partial charge in [-0.25, -0.2) is 0 Å². The zero-order valence-electron chi connectivity index (χ0n) is 9.87. The van der Waals surface area contributed by atoms with Crippen molar-refractivity contribution in [3.63, 3.8) is 0 Å². The van der Waals surface area contributed by atoms with Gasteiger partial charge < -0.3 is 10.4 Å². The summed E-state index contributed by atoms with van der Waals surface area (Å²) in [7, 11) is 0. The Bertz CT molecular complexity index is 572. The number of rotatable bonds is 3. The number of hydrogen-bond acceptors (Lipinski definition) is 2. The van der Waals surface area contributed by atoms with Crippen molar-refractivity contribution in [2.45, 2.75) is 13.5 Å². The number of phenols is 1. The Morgan fingerprint density at radius 3 is 2.78 bits per heavy atom. The predicted molar refractivity (Wildman–Crippen MR) is 84.3 cm³/mol. The third-order valence-electron chi connectivity index (χ3n) is 2.72. The van der Waals surface area contributed by atoms with Crippen LogP contribution in [-0.4, -0.2) is 5.11 Å². The first-order chi connectivity index (χ1) is 8.58. The number of nitrogens with one attached hydrogen (secondary N) is 1. The largest absolute Gasteiger partial charge is 0.507 e. The Morgan fingerprint density at radius 2 is 2.06 bits per heavy atom. The fourth-order valence-electron chi connectivity index (χ4n) is 1.69. The number of aromatic hydroxyl groups is 1. The zero-order chi connectivity index (χ0) is 13.1. The quantitative estimate of drug-likeness (QED) is 0.773. The van der Waals surface area contributed by atoms with E-state index in [0.29, 0.717) is 12.3 Å². The molecule has 2 aromatic carbocycles. The van der Waals surface area contributed by atoms with Crippen LogP contribution in [0.3, 0.4) is 0 Å². The molecule has 0 fully saturated rings. The van der Waals surface area contributed by atoms with Crippen molar-refractivity contribution in [2.75, 3.05) is 5.32 Å². The summed E-state index contributed by atoms with van der Waals surface area (Å²) < 4.78 is 1.06. The fourth-order valence-corrected chi connectivity index (χ4v) is 2.75. The average Bonchev–Trinajstić information content (AvgIpc) is 2.33. The molecule has 4 heteroatoms. The summed E-state index contributed by atoms with van der Waals surface area (Å²) in [5, 5.41) is 13.9. The molecule has 0 amide bonds. The lowest BCUT2D eigenvalue weighted by Crippen LogP contribution is -2.01. The maximum absolute atomic E-state index is 9.93. The molecule has 0 bridgehead atoms. The maximum Gasteiger partial charge on any atom is 0.123 e. The maximum atomic E-state index is 9.93. The molecule has 0 aliphatic rings. The van der Waals surface area contributed by atoms with E-state index in [9.17, 15) is 5.11 Å². The van der Waals surface area contributed by atoms with Crippen LogP contribution >= 0.6 is 34.2 Å². The van der Waals surface area contributed by atoms with Gasteiger partial charge in [-0.3, -0.25) is 0 Å². The van der Waals surface area contributed by atoms with E-state index in [1.54, 1.807) is 0 Å². The highest BCUT2D eigenvalue weighted by molar-refractivity contribution is 14.1. The molecule has 0 saturated heterocycles. The van der Waals surface area contributed by atoms with Crippen molar-refractivity contribution in [3.05, 3.63) is 56.1 Å². The van der Waals surface area contributed by atoms with Crippen LogP contribution in [0.25, 0.3) is 0 Å². The Kier molecular flexibility index (Phi) is 4.35. The van der Waals surface area contributed by atoms with Gasteiger partial charge in [0, 0.05) is 26.4 Å². The van der Waals surface area contributed by atoms with Crippen LogP contribution < -0.4 is 5.32 Å². The normalized spacial score (nSPS) is 10.4. The monoisotopic (exact) mass is 373 g/mol. The minimum absolute atomic E-state index is 0.356. The first-order valence-corrected chi connectivity index (χ1v) is 7.00. The van der Waals surface area contributed by atoms with Crippen molar-refractivity contribution >= 4 is 39.9 Å². The summed E-state index contributed by atoms with van der Waals surface area (Å²) in [5.74, 6) is 0.356. The van der Waals surface area contributed by atoms with Gasteiger partial charge in [0.2, 0.25) is 0 Å². The van der Waals surface area contributed by atoms with Gasteiger partial charge in [0.25, 0.3) is 0 Å². The van der Waals surface area contributed by atoms with E-state index in [0.717, 1.165) is 25.4 Å². The number of aryl methyl sites for hydroxylation is 1. The van der Waals surface area contributed by atoms with E-state index in [1.807, 2.05) is 43.3 Å². The molecule has 0 saturated carbocycles. The van der Waals surface area contributed by atoms with E-state index in [-0.39, 0.29) is 0 Å². The first-order valence-electron chi connectivity index (χ1n) is 5.54. The van der Waals surface area contributed by atoms with E-state index in [2.05, 4.69) is 27.9 Å². The molecule has 2 nitrogen and oxygen atoms in total. The SMILES string of the molecule is Cc1cccc(CNc2ccc(Cl)cc2I)c1O. The van der Waals surface area contributed by atoms with E-state index in [1.165, 1.54) is 0 Å². The van der Waals surface area contributed by atoms with E-state index < -0.39 is 0 Å². The Balaban J connectivity index is 2.14. The van der Waals surface area contributed by atoms with Gasteiger partial charge in [-0.2, -0.15) is 0 Å². The number of hydrogen-bond donors (Lipinski definition) is 2. The number of para-hydroxylation sites is 1. The molecule has 0 heterocycles. The second-order valence-corrected chi connectivity index (χ2v) is 5.66. The molecule has 0 aromatic heterocycles. The minimum atomic E-state index is 0.356. The van der Waals surface area contributed by atoms with Gasteiger partial charge >= 0.3 is 0 Å². The van der Waals surface area contributed by atoms with Crippen molar-refractivity contribution in [3.8, 4) is 5.75 Å². The minimum Gasteiger partial charge on any atom is -0.507 e. The van der Waals surface area contributed by atoms with Crippen LogP contribution in [0.1, 0.15) is 11.1 Å². The second-order valence-electron chi connectivity index (χ2n) is 4.06. The highest BCUT2D eigenvalue weighted by atomic mass is 127. The topological polar surface area (TPSA) is 32.3 Å². The highest BCUT2D eigenvalue weighted by Crippen LogP contribution is 2.25. The van der Waals surface area contributed by atoms with Crippen molar-refractivity contribution in [1.29, 1.82) is 0 Å². The van der Waals surface area contributed by atoms with Crippen LogP contribution in [0.15, 0.2) is 36.4 Å². The van der Waals surface area contributed by atoms with E-state index >= 15 is 0 Å². The van der Waals surface area contributed by atoms with Crippen LogP contribution in [0.2, 0.25) is 5.02 Å². The smallest absolute Gasteiger partial charge is 0.123 e. The average molecular weight is 374 g/mol. The molecule has 18 heavy (non-hydrogen) atoms. The van der Waals surface area contributed by atoms with Gasteiger partial charge in [0.15, 0.2) is 0 Å². The summed E-state index contributed by atoms with van der Waals surface area (Å²) in [5.41, 5.74) is 2.79. The van der Waals surface area contributed by atoms with Crippen LogP contribution in [0, 0.1) is 10.5 Å². The Labute approximate surface area is 125 Å². The van der Waals surface area contributed by atoms with Gasteiger partial charge in [0.05, 0.1) is 0 Å². The molecule has 94 valence electrons. The van der Waals surface area contributed by atoms with Crippen molar-refractivity contribution in [2.24, 2.45) is 0 Å². The summed E-state index contributed by atoms with van der Waals surface area (Å²) in [6.45, 7) is 2.48. The third-order valence-corrected chi connectivity index (χ3v) is 3.85. The second kappa shape index (κ2) is 5.80. The van der Waals surface area contributed by atoms with Crippen molar-refractivity contribution in [1.82, 2.24) is 0 Å². The summed E-state index contributed by atoms with van der Waals surface area (Å²) >= 11 is 8.14. The molecule has 2 aromatic rings. The molecule has 0 atom stereocenters. The molecular formula is C14H13ClINO. The molecule has 0 aliphatic carbocycles. The number of anilines is 1. The zero-order valence-corrected chi connectivity index (χ0v) is 12.8. The Morgan fingerprint density at radius 1 is 1.28 bits per heavy atom. The lowest BCUT2D eigenvalue weighted by atomic mass is 10.1. The predicted octanol–water partition coefficient (Wildman–Crippen LogP) is 4.57. The van der Waals surface area contributed by atoms with Crippen LogP contribution in [0.4, 0.5) is 5.69 Å². The van der Waals surface area contributed by atoms with Crippen LogP contribution in [-0.2, 0) is 6.54 Å².